The normalized spacial score (nSPS) is 20.0. The van der Waals surface area contributed by atoms with E-state index in [1.54, 1.807) is 36.9 Å². The molecule has 142 valence electrons. The maximum atomic E-state index is 14.5. The first-order valence-corrected chi connectivity index (χ1v) is 8.55. The van der Waals surface area contributed by atoms with Crippen molar-refractivity contribution >= 4 is 17.6 Å². The van der Waals surface area contributed by atoms with E-state index in [4.69, 9.17) is 5.73 Å². The van der Waals surface area contributed by atoms with Gasteiger partial charge in [0, 0.05) is 31.8 Å². The molecule has 7 nitrogen and oxygen atoms in total. The van der Waals surface area contributed by atoms with Crippen LogP contribution in [0.4, 0.5) is 4.39 Å². The molecule has 0 fully saturated rings. The van der Waals surface area contributed by atoms with Crippen LogP contribution in [0.3, 0.4) is 0 Å². The van der Waals surface area contributed by atoms with Gasteiger partial charge in [0.2, 0.25) is 5.91 Å². The second-order valence-corrected chi connectivity index (χ2v) is 7.08. The highest BCUT2D eigenvalue weighted by Gasteiger charge is 2.38. The molecule has 0 spiro atoms. The zero-order valence-corrected chi connectivity index (χ0v) is 15.8. The first-order valence-electron chi connectivity index (χ1n) is 8.55. The summed E-state index contributed by atoms with van der Waals surface area (Å²) in [4.78, 5) is 30.2. The molecule has 0 saturated carbocycles. The Morgan fingerprint density at radius 1 is 1.33 bits per heavy atom. The molecule has 8 heteroatoms. The van der Waals surface area contributed by atoms with Crippen molar-refractivity contribution < 1.29 is 14.0 Å². The van der Waals surface area contributed by atoms with Crippen molar-refractivity contribution in [3.63, 3.8) is 0 Å². The van der Waals surface area contributed by atoms with Gasteiger partial charge in [0.15, 0.2) is 11.7 Å². The number of hydrogen-bond donors (Lipinski definition) is 1. The van der Waals surface area contributed by atoms with Gasteiger partial charge in [-0.25, -0.2) is 9.38 Å². The zero-order valence-electron chi connectivity index (χ0n) is 15.8. The fourth-order valence-electron chi connectivity index (χ4n) is 3.13. The molecule has 2 heterocycles. The van der Waals surface area contributed by atoms with E-state index < -0.39 is 11.4 Å². The Kier molecular flexibility index (Phi) is 4.59. The monoisotopic (exact) mass is 371 g/mol. The van der Waals surface area contributed by atoms with Gasteiger partial charge >= 0.3 is 0 Å². The van der Waals surface area contributed by atoms with E-state index in [2.05, 4.69) is 10.1 Å². The number of guanidine groups is 1. The fraction of sp³-hybridized carbons (Fsp3) is 0.368. The summed E-state index contributed by atoms with van der Waals surface area (Å²) in [5.41, 5.74) is 6.81. The van der Waals surface area contributed by atoms with Crippen molar-refractivity contribution in [1.29, 1.82) is 0 Å². The molecule has 1 unspecified atom stereocenters. The van der Waals surface area contributed by atoms with Crippen molar-refractivity contribution in [2.75, 3.05) is 7.05 Å². The number of ketones is 1. The summed E-state index contributed by atoms with van der Waals surface area (Å²) >= 11 is 0. The third-order valence-electron chi connectivity index (χ3n) is 4.95. The van der Waals surface area contributed by atoms with Crippen molar-refractivity contribution in [1.82, 2.24) is 14.7 Å². The molecule has 1 aliphatic rings. The number of benzene rings is 1. The van der Waals surface area contributed by atoms with Crippen LogP contribution in [0.25, 0.3) is 0 Å². The molecule has 1 aromatic carbocycles. The molecule has 0 aliphatic carbocycles. The lowest BCUT2D eigenvalue weighted by Gasteiger charge is -2.34. The lowest BCUT2D eigenvalue weighted by molar-refractivity contribution is -0.128. The van der Waals surface area contributed by atoms with Crippen LogP contribution in [0.2, 0.25) is 0 Å². The van der Waals surface area contributed by atoms with Crippen molar-refractivity contribution in [3.05, 3.63) is 52.6 Å². The van der Waals surface area contributed by atoms with Gasteiger partial charge in [0.1, 0.15) is 11.5 Å². The van der Waals surface area contributed by atoms with Gasteiger partial charge < -0.3 is 5.73 Å². The minimum absolute atomic E-state index is 0.00203. The molecular formula is C19H22FN5O2. The molecule has 2 aromatic rings. The number of Topliss-reactive ketones (excluding diaryl/α,β-unsaturated/α-hetero) is 1. The lowest BCUT2D eigenvalue weighted by Crippen LogP contribution is -2.47. The first-order chi connectivity index (χ1) is 12.6. The molecule has 0 bridgehead atoms. The Hall–Kier alpha value is -3.03. The van der Waals surface area contributed by atoms with Gasteiger partial charge in [0.05, 0.1) is 12.0 Å². The number of nitrogens with two attached hydrogens (primary N) is 1. The van der Waals surface area contributed by atoms with Crippen LogP contribution in [0.1, 0.15) is 40.7 Å². The summed E-state index contributed by atoms with van der Waals surface area (Å²) in [6.45, 7) is 3.52. The largest absolute Gasteiger partial charge is 0.369 e. The lowest BCUT2D eigenvalue weighted by atomic mass is 9.85. The second kappa shape index (κ2) is 6.61. The van der Waals surface area contributed by atoms with Crippen LogP contribution in [0, 0.1) is 12.7 Å². The van der Waals surface area contributed by atoms with Crippen LogP contribution >= 0.6 is 0 Å². The van der Waals surface area contributed by atoms with Gasteiger partial charge in [-0.05, 0) is 37.6 Å². The Morgan fingerprint density at radius 2 is 2.04 bits per heavy atom. The highest BCUT2D eigenvalue weighted by Crippen LogP contribution is 2.35. The number of nitrogens with zero attached hydrogens (tertiary/aromatic N) is 4. The molecule has 1 amide bonds. The predicted octanol–water partition coefficient (Wildman–Crippen LogP) is 1.69. The Morgan fingerprint density at radius 3 is 2.63 bits per heavy atom. The van der Waals surface area contributed by atoms with Crippen LogP contribution in [0.5, 0.6) is 0 Å². The number of carbonyl (C=O) groups is 2. The summed E-state index contributed by atoms with van der Waals surface area (Å²) < 4.78 is 16.2. The zero-order chi connectivity index (χ0) is 19.9. The maximum absolute atomic E-state index is 14.5. The van der Waals surface area contributed by atoms with E-state index in [1.165, 1.54) is 18.0 Å². The van der Waals surface area contributed by atoms with Gasteiger partial charge in [-0.2, -0.15) is 5.10 Å². The van der Waals surface area contributed by atoms with Gasteiger partial charge in [-0.15, -0.1) is 0 Å². The molecule has 3 rings (SSSR count). The number of aromatic nitrogens is 2. The molecular weight excluding hydrogens is 349 g/mol. The second-order valence-electron chi connectivity index (χ2n) is 7.08. The van der Waals surface area contributed by atoms with E-state index in [1.807, 2.05) is 6.92 Å². The molecule has 0 radical (unpaired) electrons. The minimum Gasteiger partial charge on any atom is -0.369 e. The average molecular weight is 371 g/mol. The number of carbonyl (C=O) groups excluding carboxylic acids is 2. The summed E-state index contributed by atoms with van der Waals surface area (Å²) in [6.07, 6.45) is 0.0742. The smallest absolute Gasteiger partial charge is 0.231 e. The van der Waals surface area contributed by atoms with Crippen molar-refractivity contribution in [2.24, 2.45) is 17.8 Å². The number of aliphatic imine (C=N–C) groups is 1. The summed E-state index contributed by atoms with van der Waals surface area (Å²) in [5, 5.41) is 4.18. The molecule has 1 aliphatic heterocycles. The topological polar surface area (TPSA) is 93.6 Å². The van der Waals surface area contributed by atoms with Gasteiger partial charge in [0.25, 0.3) is 0 Å². The minimum atomic E-state index is -1.11. The Labute approximate surface area is 156 Å². The predicted molar refractivity (Wildman–Crippen MR) is 98.7 cm³/mol. The number of aryl methyl sites for hydroxylation is 2. The van der Waals surface area contributed by atoms with Crippen molar-refractivity contribution in [2.45, 2.75) is 32.2 Å². The van der Waals surface area contributed by atoms with E-state index in [9.17, 15) is 14.0 Å². The number of amides is 1. The first kappa shape index (κ1) is 18.8. The van der Waals surface area contributed by atoms with Gasteiger partial charge in [-0.1, -0.05) is 6.07 Å². The Bertz CT molecular complexity index is 946. The highest BCUT2D eigenvalue weighted by atomic mass is 19.1. The highest BCUT2D eigenvalue weighted by molar-refractivity contribution is 5.99. The maximum Gasteiger partial charge on any atom is 0.231 e. The quantitative estimate of drug-likeness (QED) is 0.828. The molecule has 1 aromatic heterocycles. The standard InChI is InChI=1S/C19H22FN5O2/c1-11-7-15(23-25(11)4)16(26)9-12-5-6-14(20)13(8-12)19(2)10-17(27)24(3)18(21)22-19/h5-8H,9-10H2,1-4H3,(H2,21,22). The van der Waals surface area contributed by atoms with E-state index in [0.717, 1.165) is 5.69 Å². The summed E-state index contributed by atoms with van der Waals surface area (Å²) in [6, 6.07) is 6.15. The number of hydrogen-bond acceptors (Lipinski definition) is 5. The third kappa shape index (κ3) is 3.47. The molecule has 1 atom stereocenters. The number of rotatable bonds is 4. The fourth-order valence-corrected chi connectivity index (χ4v) is 3.13. The third-order valence-corrected chi connectivity index (χ3v) is 4.95. The van der Waals surface area contributed by atoms with E-state index >= 15 is 0 Å². The van der Waals surface area contributed by atoms with E-state index in [-0.39, 0.29) is 36.1 Å². The van der Waals surface area contributed by atoms with Crippen LogP contribution < -0.4 is 5.73 Å². The van der Waals surface area contributed by atoms with E-state index in [0.29, 0.717) is 11.3 Å². The average Bonchev–Trinajstić information content (AvgIpc) is 2.93. The summed E-state index contributed by atoms with van der Waals surface area (Å²) in [5.74, 6) is -0.853. The SMILES string of the molecule is Cc1cc(C(=O)Cc2ccc(F)c(C3(C)CC(=O)N(C)C(N)=N3)c2)nn1C. The van der Waals surface area contributed by atoms with Crippen molar-refractivity contribution in [3.8, 4) is 0 Å². The van der Waals surface area contributed by atoms with Crippen LogP contribution in [-0.2, 0) is 23.8 Å². The molecule has 0 saturated heterocycles. The Balaban J connectivity index is 1.93. The van der Waals surface area contributed by atoms with Crippen LogP contribution in [-0.4, -0.2) is 39.4 Å². The molecule has 2 N–H and O–H groups in total. The molecule has 27 heavy (non-hydrogen) atoms. The number of halogens is 1. The summed E-state index contributed by atoms with van der Waals surface area (Å²) in [7, 11) is 3.30. The van der Waals surface area contributed by atoms with Gasteiger partial charge in [-0.3, -0.25) is 19.2 Å². The van der Waals surface area contributed by atoms with Crippen LogP contribution in [0.15, 0.2) is 29.3 Å².